The fraction of sp³-hybridized carbons (Fsp3) is 0.600. The zero-order valence-electron chi connectivity index (χ0n) is 11.3. The predicted molar refractivity (Wildman–Crippen MR) is 77.2 cm³/mol. The molecule has 0 radical (unpaired) electrons. The van der Waals surface area contributed by atoms with E-state index < -0.39 is 0 Å². The molecule has 1 N–H and O–H groups in total. The highest BCUT2D eigenvalue weighted by Gasteiger charge is 2.43. The predicted octanol–water partition coefficient (Wildman–Crippen LogP) is 4.30. The van der Waals surface area contributed by atoms with Crippen LogP contribution in [0.25, 0.3) is 0 Å². The van der Waals surface area contributed by atoms with Crippen LogP contribution in [-0.2, 0) is 6.42 Å². The summed E-state index contributed by atoms with van der Waals surface area (Å²) in [6, 6.07) is 5.35. The van der Waals surface area contributed by atoms with Gasteiger partial charge in [-0.3, -0.25) is 0 Å². The number of hydrogen-bond acceptors (Lipinski definition) is 1. The highest BCUT2D eigenvalue weighted by molar-refractivity contribution is 9.10. The summed E-state index contributed by atoms with van der Waals surface area (Å²) in [6.07, 6.45) is 3.36. The Labute approximate surface area is 117 Å². The summed E-state index contributed by atoms with van der Waals surface area (Å²) in [7, 11) is 0. The van der Waals surface area contributed by atoms with Gasteiger partial charge >= 0.3 is 0 Å². The average molecular weight is 314 g/mol. The van der Waals surface area contributed by atoms with Crippen LogP contribution in [-0.4, -0.2) is 12.1 Å². The number of hydrogen-bond donors (Lipinski definition) is 1. The number of benzene rings is 1. The van der Waals surface area contributed by atoms with E-state index >= 15 is 0 Å². The van der Waals surface area contributed by atoms with Gasteiger partial charge in [-0.25, -0.2) is 4.39 Å². The maximum absolute atomic E-state index is 13.3. The molecule has 1 unspecified atom stereocenters. The zero-order chi connectivity index (χ0) is 13.4. The highest BCUT2D eigenvalue weighted by atomic mass is 79.9. The first-order chi connectivity index (χ1) is 8.34. The fourth-order valence-corrected chi connectivity index (χ4v) is 3.29. The molecular weight excluding hydrogens is 293 g/mol. The Bertz CT molecular complexity index is 431. The van der Waals surface area contributed by atoms with E-state index in [4.69, 9.17) is 0 Å². The smallest absolute Gasteiger partial charge is 0.137 e. The summed E-state index contributed by atoms with van der Waals surface area (Å²) in [6.45, 7) is 7.93. The van der Waals surface area contributed by atoms with Gasteiger partial charge in [0.05, 0.1) is 4.47 Å². The minimum absolute atomic E-state index is 0.129. The Kier molecular flexibility index (Phi) is 3.84. The molecule has 100 valence electrons. The molecule has 0 spiro atoms. The summed E-state index contributed by atoms with van der Waals surface area (Å²) in [5, 5.41) is 3.68. The SMILES string of the molecule is CC(C)(C)C1(Cc2ccc(F)c(Br)c2)CCCN1. The molecule has 0 bridgehead atoms. The second kappa shape index (κ2) is 4.93. The standard InChI is InChI=1S/C15H21BrFN/c1-14(2,3)15(7-4-8-18-15)10-11-5-6-13(17)12(16)9-11/h5-6,9,18H,4,7-8,10H2,1-3H3. The van der Waals surface area contributed by atoms with Crippen molar-refractivity contribution in [2.24, 2.45) is 5.41 Å². The molecule has 1 aromatic carbocycles. The van der Waals surface area contributed by atoms with Crippen molar-refractivity contribution >= 4 is 15.9 Å². The topological polar surface area (TPSA) is 12.0 Å². The van der Waals surface area contributed by atoms with Gasteiger partial charge in [-0.05, 0) is 64.8 Å². The summed E-state index contributed by atoms with van der Waals surface area (Å²) < 4.78 is 13.8. The van der Waals surface area contributed by atoms with Gasteiger partial charge in [-0.1, -0.05) is 26.8 Å². The minimum Gasteiger partial charge on any atom is -0.310 e. The van der Waals surface area contributed by atoms with Crippen LogP contribution in [0.3, 0.4) is 0 Å². The molecule has 1 aliphatic heterocycles. The quantitative estimate of drug-likeness (QED) is 0.858. The lowest BCUT2D eigenvalue weighted by atomic mass is 9.69. The summed E-state index contributed by atoms with van der Waals surface area (Å²) in [4.78, 5) is 0. The third kappa shape index (κ3) is 2.62. The van der Waals surface area contributed by atoms with Gasteiger partial charge in [-0.2, -0.15) is 0 Å². The first-order valence-corrected chi connectivity index (χ1v) is 7.32. The molecule has 1 saturated heterocycles. The van der Waals surface area contributed by atoms with Gasteiger partial charge in [0.2, 0.25) is 0 Å². The van der Waals surface area contributed by atoms with Crippen LogP contribution in [0.4, 0.5) is 4.39 Å². The Morgan fingerprint density at radius 3 is 2.61 bits per heavy atom. The van der Waals surface area contributed by atoms with Crippen LogP contribution in [0.1, 0.15) is 39.2 Å². The van der Waals surface area contributed by atoms with Crippen molar-refractivity contribution in [1.29, 1.82) is 0 Å². The van der Waals surface area contributed by atoms with Crippen LogP contribution in [0.5, 0.6) is 0 Å². The molecule has 0 amide bonds. The zero-order valence-corrected chi connectivity index (χ0v) is 12.9. The summed E-state index contributed by atoms with van der Waals surface area (Å²) >= 11 is 3.27. The van der Waals surface area contributed by atoms with Crippen molar-refractivity contribution in [3.05, 3.63) is 34.1 Å². The first-order valence-electron chi connectivity index (χ1n) is 6.53. The molecule has 1 nitrogen and oxygen atoms in total. The molecule has 1 heterocycles. The van der Waals surface area contributed by atoms with Crippen LogP contribution < -0.4 is 5.32 Å². The van der Waals surface area contributed by atoms with E-state index in [1.54, 1.807) is 6.07 Å². The largest absolute Gasteiger partial charge is 0.310 e. The fourth-order valence-electron chi connectivity index (χ4n) is 2.86. The summed E-state index contributed by atoms with van der Waals surface area (Å²) in [5.74, 6) is -0.192. The van der Waals surface area contributed by atoms with Crippen LogP contribution in [0.2, 0.25) is 0 Å². The van der Waals surface area contributed by atoms with Gasteiger partial charge in [-0.15, -0.1) is 0 Å². The third-order valence-corrected chi connectivity index (χ3v) is 4.78. The molecule has 1 fully saturated rings. The second-order valence-electron chi connectivity index (χ2n) is 6.29. The van der Waals surface area contributed by atoms with Crippen LogP contribution >= 0.6 is 15.9 Å². The van der Waals surface area contributed by atoms with Crippen molar-refractivity contribution in [3.63, 3.8) is 0 Å². The maximum atomic E-state index is 13.3. The van der Waals surface area contributed by atoms with E-state index in [1.807, 2.05) is 12.1 Å². The van der Waals surface area contributed by atoms with Crippen molar-refractivity contribution in [2.75, 3.05) is 6.54 Å². The number of halogens is 2. The van der Waals surface area contributed by atoms with E-state index in [-0.39, 0.29) is 16.8 Å². The third-order valence-electron chi connectivity index (χ3n) is 4.17. The molecule has 1 atom stereocenters. The summed E-state index contributed by atoms with van der Waals surface area (Å²) in [5.41, 5.74) is 1.52. The van der Waals surface area contributed by atoms with Crippen molar-refractivity contribution < 1.29 is 4.39 Å². The molecule has 0 aliphatic carbocycles. The van der Waals surface area contributed by atoms with E-state index in [0.29, 0.717) is 4.47 Å². The second-order valence-corrected chi connectivity index (χ2v) is 7.14. The first kappa shape index (κ1) is 14.0. The minimum atomic E-state index is -0.192. The average Bonchev–Trinajstić information content (AvgIpc) is 2.73. The lowest BCUT2D eigenvalue weighted by Gasteiger charge is -2.42. The lowest BCUT2D eigenvalue weighted by molar-refractivity contribution is 0.159. The molecule has 0 saturated carbocycles. The Balaban J connectivity index is 2.27. The van der Waals surface area contributed by atoms with E-state index in [9.17, 15) is 4.39 Å². The van der Waals surface area contributed by atoms with E-state index in [0.717, 1.165) is 13.0 Å². The van der Waals surface area contributed by atoms with E-state index in [2.05, 4.69) is 42.0 Å². The Morgan fingerprint density at radius 2 is 2.11 bits per heavy atom. The number of nitrogens with one attached hydrogen (secondary N) is 1. The molecule has 3 heteroatoms. The highest BCUT2D eigenvalue weighted by Crippen LogP contribution is 2.40. The van der Waals surface area contributed by atoms with Gasteiger partial charge in [0, 0.05) is 5.54 Å². The monoisotopic (exact) mass is 313 g/mol. The molecule has 2 rings (SSSR count). The van der Waals surface area contributed by atoms with Crippen molar-refractivity contribution in [1.82, 2.24) is 5.32 Å². The van der Waals surface area contributed by atoms with Crippen molar-refractivity contribution in [3.8, 4) is 0 Å². The van der Waals surface area contributed by atoms with Crippen molar-refractivity contribution in [2.45, 2.75) is 45.6 Å². The maximum Gasteiger partial charge on any atom is 0.137 e. The van der Waals surface area contributed by atoms with Gasteiger partial charge < -0.3 is 5.32 Å². The Hall–Kier alpha value is -0.410. The van der Waals surface area contributed by atoms with Crippen LogP contribution in [0, 0.1) is 11.2 Å². The van der Waals surface area contributed by atoms with E-state index in [1.165, 1.54) is 18.4 Å². The molecule has 1 aliphatic rings. The van der Waals surface area contributed by atoms with Crippen LogP contribution in [0.15, 0.2) is 22.7 Å². The van der Waals surface area contributed by atoms with Gasteiger partial charge in [0.15, 0.2) is 0 Å². The number of rotatable bonds is 2. The molecule has 0 aromatic heterocycles. The molecule has 18 heavy (non-hydrogen) atoms. The Morgan fingerprint density at radius 1 is 1.39 bits per heavy atom. The normalized spacial score (nSPS) is 24.5. The molecule has 1 aromatic rings. The molecular formula is C15H21BrFN. The van der Waals surface area contributed by atoms with Gasteiger partial charge in [0.25, 0.3) is 0 Å². The van der Waals surface area contributed by atoms with Gasteiger partial charge in [0.1, 0.15) is 5.82 Å². The lowest BCUT2D eigenvalue weighted by Crippen LogP contribution is -2.52.